The zero-order valence-electron chi connectivity index (χ0n) is 14.8. The molecule has 0 bridgehead atoms. The molecule has 0 radical (unpaired) electrons. The highest BCUT2D eigenvalue weighted by atomic mass is 16.5. The summed E-state index contributed by atoms with van der Waals surface area (Å²) < 4.78 is 5.17. The quantitative estimate of drug-likeness (QED) is 0.781. The number of hydrogen-bond donors (Lipinski definition) is 1. The molecule has 2 rings (SSSR count). The predicted octanol–water partition coefficient (Wildman–Crippen LogP) is 2.84. The Hall–Kier alpha value is -2.88. The van der Waals surface area contributed by atoms with Crippen LogP contribution in [0.5, 0.6) is 0 Å². The molecule has 0 spiro atoms. The molecule has 0 atom stereocenters. The fraction of sp³-hybridized carbons (Fsp3) is 0.444. The molecular formula is C18H23N5O2. The van der Waals surface area contributed by atoms with Crippen molar-refractivity contribution in [3.05, 3.63) is 47.1 Å². The highest BCUT2D eigenvalue weighted by molar-refractivity contribution is 5.73. The molecule has 0 unspecified atom stereocenters. The fourth-order valence-electron chi connectivity index (χ4n) is 2.20. The number of nitrogens with one attached hydrogen (secondary N) is 1. The summed E-state index contributed by atoms with van der Waals surface area (Å²) in [7, 11) is 1.74. The van der Waals surface area contributed by atoms with E-state index in [2.05, 4.69) is 21.5 Å². The Bertz CT molecular complexity index is 731. The smallest absolute Gasteiger partial charge is 0.317 e. The van der Waals surface area contributed by atoms with Crippen molar-refractivity contribution in [1.29, 1.82) is 5.26 Å². The van der Waals surface area contributed by atoms with Gasteiger partial charge in [0.1, 0.15) is 0 Å². The lowest BCUT2D eigenvalue weighted by Gasteiger charge is -2.18. The van der Waals surface area contributed by atoms with E-state index < -0.39 is 0 Å². The van der Waals surface area contributed by atoms with E-state index in [1.165, 1.54) is 0 Å². The second kappa shape index (κ2) is 8.83. The molecule has 0 aliphatic rings. The standard InChI is InChI=1S/C18H23N5O2/c1-13(2)17-21-16(25-22-17)5-4-10-20-18(24)23(3)12-15-8-6-14(11-19)7-9-15/h6-9,13H,4-5,10,12H2,1-3H3,(H,20,24). The lowest BCUT2D eigenvalue weighted by atomic mass is 10.1. The molecule has 25 heavy (non-hydrogen) atoms. The molecule has 0 aliphatic heterocycles. The van der Waals surface area contributed by atoms with E-state index in [0.717, 1.165) is 12.0 Å². The van der Waals surface area contributed by atoms with Crippen LogP contribution in [0.2, 0.25) is 0 Å². The average Bonchev–Trinajstić information content (AvgIpc) is 3.08. The van der Waals surface area contributed by atoms with Gasteiger partial charge in [0.05, 0.1) is 11.6 Å². The molecule has 0 saturated heterocycles. The third-order valence-corrected chi connectivity index (χ3v) is 3.69. The number of amides is 2. The first-order chi connectivity index (χ1) is 12.0. The van der Waals surface area contributed by atoms with Crippen LogP contribution in [-0.4, -0.2) is 34.7 Å². The highest BCUT2D eigenvalue weighted by Crippen LogP contribution is 2.10. The van der Waals surface area contributed by atoms with Crippen molar-refractivity contribution < 1.29 is 9.32 Å². The number of carbonyl (C=O) groups excluding carboxylic acids is 1. The average molecular weight is 341 g/mol. The van der Waals surface area contributed by atoms with Gasteiger partial charge in [0.2, 0.25) is 5.89 Å². The topological polar surface area (TPSA) is 95.0 Å². The molecule has 132 valence electrons. The van der Waals surface area contributed by atoms with E-state index >= 15 is 0 Å². The summed E-state index contributed by atoms with van der Waals surface area (Å²) in [5, 5.41) is 15.6. The normalized spacial score (nSPS) is 10.5. The molecule has 7 heteroatoms. The van der Waals surface area contributed by atoms with Crippen molar-refractivity contribution in [2.45, 2.75) is 39.2 Å². The second-order valence-corrected chi connectivity index (χ2v) is 6.20. The Morgan fingerprint density at radius 2 is 2.08 bits per heavy atom. The van der Waals surface area contributed by atoms with Crippen LogP contribution in [0.4, 0.5) is 4.79 Å². The Labute approximate surface area is 147 Å². The minimum Gasteiger partial charge on any atom is -0.339 e. The van der Waals surface area contributed by atoms with Crippen LogP contribution in [0.15, 0.2) is 28.8 Å². The van der Waals surface area contributed by atoms with Gasteiger partial charge in [0.25, 0.3) is 0 Å². The molecule has 0 fully saturated rings. The molecule has 1 aromatic heterocycles. The van der Waals surface area contributed by atoms with Gasteiger partial charge in [0, 0.05) is 32.5 Å². The highest BCUT2D eigenvalue weighted by Gasteiger charge is 2.11. The third-order valence-electron chi connectivity index (χ3n) is 3.69. The number of urea groups is 1. The Balaban J connectivity index is 1.70. The van der Waals surface area contributed by atoms with Crippen molar-refractivity contribution in [3.8, 4) is 6.07 Å². The van der Waals surface area contributed by atoms with Gasteiger partial charge in [-0.25, -0.2) is 4.79 Å². The zero-order chi connectivity index (χ0) is 18.2. The summed E-state index contributed by atoms with van der Waals surface area (Å²) in [4.78, 5) is 18.0. The van der Waals surface area contributed by atoms with Gasteiger partial charge in [-0.1, -0.05) is 31.1 Å². The van der Waals surface area contributed by atoms with Crippen LogP contribution >= 0.6 is 0 Å². The number of nitriles is 1. The van der Waals surface area contributed by atoms with E-state index in [1.807, 2.05) is 26.0 Å². The first-order valence-electron chi connectivity index (χ1n) is 8.30. The molecule has 2 aromatic rings. The molecule has 1 aromatic carbocycles. The van der Waals surface area contributed by atoms with Crippen LogP contribution in [0.25, 0.3) is 0 Å². The van der Waals surface area contributed by atoms with Crippen molar-refractivity contribution >= 4 is 6.03 Å². The van der Waals surface area contributed by atoms with Crippen molar-refractivity contribution in [1.82, 2.24) is 20.4 Å². The largest absolute Gasteiger partial charge is 0.339 e. The van der Waals surface area contributed by atoms with Crippen LogP contribution in [0.1, 0.15) is 49.0 Å². The molecule has 7 nitrogen and oxygen atoms in total. The molecular weight excluding hydrogens is 318 g/mol. The fourth-order valence-corrected chi connectivity index (χ4v) is 2.20. The van der Waals surface area contributed by atoms with E-state index in [9.17, 15) is 4.79 Å². The van der Waals surface area contributed by atoms with Crippen LogP contribution in [-0.2, 0) is 13.0 Å². The summed E-state index contributed by atoms with van der Waals surface area (Å²) >= 11 is 0. The molecule has 1 N–H and O–H groups in total. The van der Waals surface area contributed by atoms with Gasteiger partial charge in [-0.3, -0.25) is 0 Å². The van der Waals surface area contributed by atoms with Crippen molar-refractivity contribution in [2.75, 3.05) is 13.6 Å². The van der Waals surface area contributed by atoms with Gasteiger partial charge in [0.15, 0.2) is 5.82 Å². The molecule has 1 heterocycles. The Kier molecular flexibility index (Phi) is 6.52. The van der Waals surface area contributed by atoms with Gasteiger partial charge < -0.3 is 14.7 Å². The predicted molar refractivity (Wildman–Crippen MR) is 92.7 cm³/mol. The monoisotopic (exact) mass is 341 g/mol. The second-order valence-electron chi connectivity index (χ2n) is 6.20. The summed E-state index contributed by atoms with van der Waals surface area (Å²) in [6.45, 7) is 5.05. The summed E-state index contributed by atoms with van der Waals surface area (Å²) in [5.74, 6) is 1.55. The SMILES string of the molecule is CC(C)c1noc(CCCNC(=O)N(C)Cc2ccc(C#N)cc2)n1. The molecule has 0 aliphatic carbocycles. The number of rotatable bonds is 7. The molecule has 2 amide bonds. The number of nitrogens with zero attached hydrogens (tertiary/aromatic N) is 4. The number of carbonyl (C=O) groups is 1. The summed E-state index contributed by atoms with van der Waals surface area (Å²) in [5.41, 5.74) is 1.58. The minimum absolute atomic E-state index is 0.141. The Morgan fingerprint density at radius 1 is 1.36 bits per heavy atom. The number of aromatic nitrogens is 2. The summed E-state index contributed by atoms with van der Waals surface area (Å²) in [6, 6.07) is 9.13. The molecule has 0 saturated carbocycles. The first-order valence-corrected chi connectivity index (χ1v) is 8.30. The maximum atomic E-state index is 12.1. The summed E-state index contributed by atoms with van der Waals surface area (Å²) in [6.07, 6.45) is 1.37. The lowest BCUT2D eigenvalue weighted by Crippen LogP contribution is -2.37. The number of hydrogen-bond acceptors (Lipinski definition) is 5. The van der Waals surface area contributed by atoms with Gasteiger partial charge in [-0.05, 0) is 24.1 Å². The van der Waals surface area contributed by atoms with E-state index in [4.69, 9.17) is 9.78 Å². The zero-order valence-corrected chi connectivity index (χ0v) is 14.8. The van der Waals surface area contributed by atoms with Crippen LogP contribution in [0, 0.1) is 11.3 Å². The van der Waals surface area contributed by atoms with Crippen molar-refractivity contribution in [3.63, 3.8) is 0 Å². The van der Waals surface area contributed by atoms with Crippen molar-refractivity contribution in [2.24, 2.45) is 0 Å². The maximum absolute atomic E-state index is 12.1. The van der Waals surface area contributed by atoms with Gasteiger partial charge in [-0.2, -0.15) is 10.2 Å². The Morgan fingerprint density at radius 3 is 2.68 bits per heavy atom. The third kappa shape index (κ3) is 5.60. The minimum atomic E-state index is -0.141. The van der Waals surface area contributed by atoms with Crippen LogP contribution in [0.3, 0.4) is 0 Å². The van der Waals surface area contributed by atoms with Gasteiger partial charge in [-0.15, -0.1) is 0 Å². The van der Waals surface area contributed by atoms with E-state index in [-0.39, 0.29) is 11.9 Å². The van der Waals surface area contributed by atoms with E-state index in [0.29, 0.717) is 36.8 Å². The lowest BCUT2D eigenvalue weighted by molar-refractivity contribution is 0.206. The maximum Gasteiger partial charge on any atom is 0.317 e. The van der Waals surface area contributed by atoms with Crippen LogP contribution < -0.4 is 5.32 Å². The number of aryl methyl sites for hydroxylation is 1. The van der Waals surface area contributed by atoms with Gasteiger partial charge >= 0.3 is 6.03 Å². The van der Waals surface area contributed by atoms with E-state index in [1.54, 1.807) is 24.1 Å². The number of benzene rings is 1. The first kappa shape index (κ1) is 18.5.